The number of sulfone groups is 1. The fraction of sp³-hybridized carbons (Fsp3) is 0.333. The minimum absolute atomic E-state index is 0.0945. The Balaban J connectivity index is 2.29. The number of hydrogen-bond acceptors (Lipinski definition) is 4. The molecule has 1 heterocycles. The van der Waals surface area contributed by atoms with Gasteiger partial charge in [0, 0.05) is 0 Å². The summed E-state index contributed by atoms with van der Waals surface area (Å²) in [6.07, 6.45) is 2.21. The molecule has 0 amide bonds. The molecule has 2 rings (SSSR count). The maximum Gasteiger partial charge on any atom is 0.180 e. The van der Waals surface area contributed by atoms with Crippen LogP contribution in [0.2, 0.25) is 0 Å². The molecular formula is C15H19NO3S. The second-order valence-electron chi connectivity index (χ2n) is 4.70. The van der Waals surface area contributed by atoms with E-state index in [2.05, 4.69) is 5.32 Å². The zero-order valence-electron chi connectivity index (χ0n) is 11.7. The number of nitrogens with one attached hydrogen (secondary N) is 1. The molecule has 0 fully saturated rings. The third-order valence-corrected chi connectivity index (χ3v) is 5.01. The Hall–Kier alpha value is -1.75. The van der Waals surface area contributed by atoms with Gasteiger partial charge in [-0.05, 0) is 37.6 Å². The molecule has 1 aromatic heterocycles. The van der Waals surface area contributed by atoms with Crippen molar-refractivity contribution in [1.29, 1.82) is 0 Å². The van der Waals surface area contributed by atoms with E-state index in [0.717, 1.165) is 5.76 Å². The Morgan fingerprint density at radius 2 is 1.95 bits per heavy atom. The van der Waals surface area contributed by atoms with Crippen molar-refractivity contribution >= 4 is 15.5 Å². The average molecular weight is 293 g/mol. The smallest absolute Gasteiger partial charge is 0.180 e. The number of rotatable bonds is 6. The van der Waals surface area contributed by atoms with Crippen LogP contribution in [0.15, 0.2) is 52.0 Å². The number of furan rings is 1. The first-order valence-corrected chi connectivity index (χ1v) is 8.31. The van der Waals surface area contributed by atoms with Crippen LogP contribution in [0.3, 0.4) is 0 Å². The number of anilines is 1. The molecule has 0 radical (unpaired) electrons. The number of benzene rings is 1. The molecule has 2 aromatic rings. The summed E-state index contributed by atoms with van der Waals surface area (Å²) in [5.74, 6) is 0.925. The number of hydrogen-bond donors (Lipinski definition) is 1. The molecule has 0 bridgehead atoms. The van der Waals surface area contributed by atoms with Gasteiger partial charge in [-0.25, -0.2) is 8.42 Å². The topological polar surface area (TPSA) is 59.3 Å². The van der Waals surface area contributed by atoms with E-state index in [1.807, 2.05) is 32.0 Å². The van der Waals surface area contributed by atoms with Gasteiger partial charge in [0.05, 0.1) is 28.6 Å². The van der Waals surface area contributed by atoms with Crippen LogP contribution in [-0.2, 0) is 9.84 Å². The molecule has 1 unspecified atom stereocenters. The van der Waals surface area contributed by atoms with E-state index >= 15 is 0 Å². The predicted octanol–water partition coefficient (Wildman–Crippen LogP) is 3.64. The molecule has 5 heteroatoms. The van der Waals surface area contributed by atoms with E-state index in [4.69, 9.17) is 4.42 Å². The molecule has 0 spiro atoms. The molecule has 0 aliphatic carbocycles. The van der Waals surface area contributed by atoms with Gasteiger partial charge in [0.15, 0.2) is 9.84 Å². The van der Waals surface area contributed by atoms with E-state index in [9.17, 15) is 8.42 Å². The van der Waals surface area contributed by atoms with Crippen LogP contribution in [0.5, 0.6) is 0 Å². The van der Waals surface area contributed by atoms with Crippen molar-refractivity contribution in [1.82, 2.24) is 0 Å². The quantitative estimate of drug-likeness (QED) is 0.883. The molecule has 20 heavy (non-hydrogen) atoms. The van der Waals surface area contributed by atoms with E-state index in [-0.39, 0.29) is 11.8 Å². The minimum atomic E-state index is -3.25. The molecule has 0 saturated heterocycles. The molecule has 108 valence electrons. The van der Waals surface area contributed by atoms with Crippen LogP contribution in [0.25, 0.3) is 0 Å². The molecule has 1 aromatic carbocycles. The van der Waals surface area contributed by atoms with E-state index < -0.39 is 9.84 Å². The van der Waals surface area contributed by atoms with Gasteiger partial charge in [0.2, 0.25) is 0 Å². The summed E-state index contributed by atoms with van der Waals surface area (Å²) in [6, 6.07) is 10.6. The van der Waals surface area contributed by atoms with Gasteiger partial charge in [-0.2, -0.15) is 0 Å². The highest BCUT2D eigenvalue weighted by atomic mass is 32.2. The van der Waals surface area contributed by atoms with Crippen LogP contribution < -0.4 is 5.32 Å². The monoisotopic (exact) mass is 293 g/mol. The second kappa shape index (κ2) is 6.13. The van der Waals surface area contributed by atoms with Crippen molar-refractivity contribution in [3.05, 3.63) is 48.4 Å². The van der Waals surface area contributed by atoms with E-state index in [1.165, 1.54) is 0 Å². The zero-order chi connectivity index (χ0) is 14.6. The highest BCUT2D eigenvalue weighted by molar-refractivity contribution is 7.91. The summed E-state index contributed by atoms with van der Waals surface area (Å²) in [4.78, 5) is 0.347. The molecule has 1 N–H and O–H groups in total. The van der Waals surface area contributed by atoms with Crippen LogP contribution in [0.4, 0.5) is 5.69 Å². The maximum atomic E-state index is 12.3. The second-order valence-corrected chi connectivity index (χ2v) is 6.77. The first-order chi connectivity index (χ1) is 9.54. The van der Waals surface area contributed by atoms with Gasteiger partial charge < -0.3 is 9.73 Å². The van der Waals surface area contributed by atoms with Gasteiger partial charge in [0.25, 0.3) is 0 Å². The van der Waals surface area contributed by atoms with Crippen molar-refractivity contribution < 1.29 is 12.8 Å². The average Bonchev–Trinajstić information content (AvgIpc) is 2.93. The molecule has 1 atom stereocenters. The number of para-hydroxylation sites is 1. The Kier molecular flexibility index (Phi) is 4.49. The summed E-state index contributed by atoms with van der Waals surface area (Å²) in [5, 5.41) is 3.20. The fourth-order valence-electron chi connectivity index (χ4n) is 2.08. The largest absolute Gasteiger partial charge is 0.467 e. The SMILES string of the molecule is CCCS(=O)(=O)c1ccccc1NC(C)c1ccco1. The Morgan fingerprint density at radius 3 is 2.60 bits per heavy atom. The summed E-state index contributed by atoms with van der Waals surface area (Å²) < 4.78 is 29.8. The summed E-state index contributed by atoms with van der Waals surface area (Å²) in [5.41, 5.74) is 0.616. The molecular weight excluding hydrogens is 274 g/mol. The lowest BCUT2D eigenvalue weighted by molar-refractivity contribution is 0.490. The minimum Gasteiger partial charge on any atom is -0.467 e. The fourth-order valence-corrected chi connectivity index (χ4v) is 3.58. The van der Waals surface area contributed by atoms with Gasteiger partial charge >= 0.3 is 0 Å². The lowest BCUT2D eigenvalue weighted by atomic mass is 10.2. The Bertz CT molecular complexity index is 648. The van der Waals surface area contributed by atoms with Crippen LogP contribution >= 0.6 is 0 Å². The van der Waals surface area contributed by atoms with Crippen molar-refractivity contribution in [2.24, 2.45) is 0 Å². The highest BCUT2D eigenvalue weighted by Crippen LogP contribution is 2.26. The summed E-state index contributed by atoms with van der Waals surface area (Å²) in [7, 11) is -3.25. The lowest BCUT2D eigenvalue weighted by Gasteiger charge is -2.16. The van der Waals surface area contributed by atoms with Crippen LogP contribution in [-0.4, -0.2) is 14.2 Å². The predicted molar refractivity (Wildman–Crippen MR) is 79.5 cm³/mol. The molecule has 0 saturated carbocycles. The standard InChI is InChI=1S/C15H19NO3S/c1-3-11-20(17,18)15-9-5-4-7-13(15)16-12(2)14-8-6-10-19-14/h4-10,12,16H,3,11H2,1-2H3. The third kappa shape index (κ3) is 3.22. The first-order valence-electron chi connectivity index (χ1n) is 6.66. The maximum absolute atomic E-state index is 12.3. The van der Waals surface area contributed by atoms with Gasteiger partial charge in [0.1, 0.15) is 5.76 Å². The van der Waals surface area contributed by atoms with Crippen molar-refractivity contribution in [3.8, 4) is 0 Å². The normalized spacial score (nSPS) is 13.1. The molecule has 0 aliphatic rings. The van der Waals surface area contributed by atoms with Crippen molar-refractivity contribution in [3.63, 3.8) is 0 Å². The molecule has 0 aliphatic heterocycles. The highest BCUT2D eigenvalue weighted by Gasteiger charge is 2.19. The summed E-state index contributed by atoms with van der Waals surface area (Å²) in [6.45, 7) is 3.79. The first kappa shape index (κ1) is 14.7. The molecule has 4 nitrogen and oxygen atoms in total. The van der Waals surface area contributed by atoms with Crippen molar-refractivity contribution in [2.75, 3.05) is 11.1 Å². The third-order valence-electron chi connectivity index (χ3n) is 3.04. The zero-order valence-corrected chi connectivity index (χ0v) is 12.5. The van der Waals surface area contributed by atoms with Gasteiger partial charge in [-0.15, -0.1) is 0 Å². The van der Waals surface area contributed by atoms with Crippen molar-refractivity contribution in [2.45, 2.75) is 31.2 Å². The van der Waals surface area contributed by atoms with E-state index in [1.54, 1.807) is 24.5 Å². The van der Waals surface area contributed by atoms with Crippen LogP contribution in [0, 0.1) is 0 Å². The van der Waals surface area contributed by atoms with Gasteiger partial charge in [-0.3, -0.25) is 0 Å². The van der Waals surface area contributed by atoms with E-state index in [0.29, 0.717) is 17.0 Å². The van der Waals surface area contributed by atoms with Gasteiger partial charge in [-0.1, -0.05) is 19.1 Å². The Labute approximate surface area is 119 Å². The lowest BCUT2D eigenvalue weighted by Crippen LogP contribution is -2.12. The Morgan fingerprint density at radius 1 is 1.20 bits per heavy atom. The summed E-state index contributed by atoms with van der Waals surface area (Å²) >= 11 is 0. The van der Waals surface area contributed by atoms with Crippen LogP contribution in [0.1, 0.15) is 32.1 Å².